The zero-order chi connectivity index (χ0) is 17.9. The van der Waals surface area contributed by atoms with Gasteiger partial charge in [-0.1, -0.05) is 13.0 Å². The molecule has 5 nitrogen and oxygen atoms in total. The van der Waals surface area contributed by atoms with Crippen LogP contribution in [0.15, 0.2) is 18.2 Å². The number of amides is 1. The predicted molar refractivity (Wildman–Crippen MR) is 84.6 cm³/mol. The largest absolute Gasteiger partial charge is 0.480 e. The highest BCUT2D eigenvalue weighted by atomic mass is 19.1. The Labute approximate surface area is 139 Å². The molecule has 0 aliphatic heterocycles. The van der Waals surface area contributed by atoms with Gasteiger partial charge in [-0.15, -0.1) is 0 Å². The summed E-state index contributed by atoms with van der Waals surface area (Å²) in [5.41, 5.74) is -0.230. The van der Waals surface area contributed by atoms with Gasteiger partial charge in [0.1, 0.15) is 11.6 Å². The van der Waals surface area contributed by atoms with Crippen molar-refractivity contribution in [1.29, 1.82) is 0 Å². The number of hydrogen-bond donors (Lipinski definition) is 2. The number of rotatable bonds is 7. The van der Waals surface area contributed by atoms with Crippen LogP contribution in [0.5, 0.6) is 0 Å². The normalized spacial score (nSPS) is 21.2. The molecule has 0 spiro atoms. The van der Waals surface area contributed by atoms with Gasteiger partial charge >= 0.3 is 5.97 Å². The second-order valence-corrected chi connectivity index (χ2v) is 6.14. The highest BCUT2D eigenvalue weighted by Gasteiger charge is 2.35. The topological polar surface area (TPSA) is 69.6 Å². The van der Waals surface area contributed by atoms with Crippen LogP contribution in [0.2, 0.25) is 0 Å². The minimum absolute atomic E-state index is 0.0291. The third-order valence-corrected chi connectivity index (χ3v) is 4.55. The van der Waals surface area contributed by atoms with Crippen LogP contribution in [0.3, 0.4) is 0 Å². The van der Waals surface area contributed by atoms with Gasteiger partial charge in [0.2, 0.25) is 5.91 Å². The average molecular weight is 340 g/mol. The molecule has 1 fully saturated rings. The Balaban J connectivity index is 1.89. The fraction of sp³-hybridized carbons (Fsp3) is 0.529. The molecule has 1 amide bonds. The van der Waals surface area contributed by atoms with Crippen LogP contribution in [0.4, 0.5) is 8.78 Å². The van der Waals surface area contributed by atoms with Crippen molar-refractivity contribution in [2.75, 3.05) is 13.1 Å². The Kier molecular flexibility index (Phi) is 5.88. The third-order valence-electron chi connectivity index (χ3n) is 4.55. The number of halogens is 2. The predicted octanol–water partition coefficient (Wildman–Crippen LogP) is 2.12. The number of nitrogens with one attached hydrogen (secondary N) is 1. The first-order valence-electron chi connectivity index (χ1n) is 8.03. The van der Waals surface area contributed by atoms with Gasteiger partial charge in [-0.25, -0.2) is 8.78 Å². The second kappa shape index (κ2) is 7.70. The summed E-state index contributed by atoms with van der Waals surface area (Å²) in [5, 5.41) is 11.6. The van der Waals surface area contributed by atoms with Gasteiger partial charge in [0.15, 0.2) is 0 Å². The molecular weight excluding hydrogens is 318 g/mol. The third kappa shape index (κ3) is 4.08. The number of carbonyl (C=O) groups excluding carboxylic acids is 1. The molecule has 1 saturated carbocycles. The Bertz CT molecular complexity index is 598. The first-order valence-corrected chi connectivity index (χ1v) is 8.03. The van der Waals surface area contributed by atoms with Gasteiger partial charge in [-0.3, -0.25) is 14.5 Å². The number of hydrogen-bond acceptors (Lipinski definition) is 3. The van der Waals surface area contributed by atoms with Crippen LogP contribution in [-0.4, -0.2) is 47.1 Å². The Morgan fingerprint density at radius 3 is 2.42 bits per heavy atom. The van der Waals surface area contributed by atoms with Crippen molar-refractivity contribution in [2.24, 2.45) is 0 Å². The van der Waals surface area contributed by atoms with Crippen LogP contribution in [-0.2, 0) is 9.59 Å². The van der Waals surface area contributed by atoms with E-state index in [9.17, 15) is 18.4 Å². The van der Waals surface area contributed by atoms with Gasteiger partial charge < -0.3 is 10.4 Å². The highest BCUT2D eigenvalue weighted by molar-refractivity contribution is 5.83. The monoisotopic (exact) mass is 340 g/mol. The smallest absolute Gasteiger partial charge is 0.317 e. The number of carboxylic acids is 1. The SMILES string of the molecule is CCN(CC(=O)O)C1CC(NC(=O)C(C)c2c(F)cccc2F)C1. The van der Waals surface area contributed by atoms with E-state index in [0.717, 1.165) is 12.1 Å². The number of carboxylic acid groups (broad SMARTS) is 1. The van der Waals surface area contributed by atoms with E-state index in [2.05, 4.69) is 5.32 Å². The molecule has 1 aliphatic rings. The average Bonchev–Trinajstić information content (AvgIpc) is 2.47. The van der Waals surface area contributed by atoms with Crippen molar-refractivity contribution >= 4 is 11.9 Å². The van der Waals surface area contributed by atoms with Crippen LogP contribution in [0, 0.1) is 11.6 Å². The molecule has 0 aromatic heterocycles. The Hall–Kier alpha value is -2.02. The molecule has 24 heavy (non-hydrogen) atoms. The Morgan fingerprint density at radius 2 is 1.92 bits per heavy atom. The maximum Gasteiger partial charge on any atom is 0.317 e. The summed E-state index contributed by atoms with van der Waals surface area (Å²) in [6.45, 7) is 3.95. The molecule has 1 atom stereocenters. The lowest BCUT2D eigenvalue weighted by atomic mass is 9.84. The number of likely N-dealkylation sites (N-methyl/N-ethyl adjacent to an activating group) is 1. The van der Waals surface area contributed by atoms with Gasteiger partial charge in [-0.05, 0) is 38.4 Å². The zero-order valence-electron chi connectivity index (χ0n) is 13.8. The van der Waals surface area contributed by atoms with E-state index in [4.69, 9.17) is 5.11 Å². The number of aliphatic carboxylic acids is 1. The molecular formula is C17H22F2N2O3. The molecule has 132 valence electrons. The van der Waals surface area contributed by atoms with Crippen molar-refractivity contribution in [3.05, 3.63) is 35.4 Å². The minimum Gasteiger partial charge on any atom is -0.480 e. The number of nitrogens with zero attached hydrogens (tertiary/aromatic N) is 1. The van der Waals surface area contributed by atoms with Gasteiger partial charge in [0.05, 0.1) is 12.5 Å². The van der Waals surface area contributed by atoms with E-state index >= 15 is 0 Å². The molecule has 1 aromatic carbocycles. The quantitative estimate of drug-likeness (QED) is 0.798. The standard InChI is InChI=1S/C17H22F2N2O3/c1-3-21(9-15(22)23)12-7-11(8-12)20-17(24)10(2)16-13(18)5-4-6-14(16)19/h4-6,10-12H,3,7-9H2,1-2H3,(H,20,24)(H,22,23). The van der Waals surface area contributed by atoms with Crippen LogP contribution in [0.1, 0.15) is 38.2 Å². The summed E-state index contributed by atoms with van der Waals surface area (Å²) in [6, 6.07) is 3.54. The van der Waals surface area contributed by atoms with Gasteiger partial charge in [-0.2, -0.15) is 0 Å². The molecule has 1 aromatic rings. The highest BCUT2D eigenvalue weighted by Crippen LogP contribution is 2.28. The fourth-order valence-corrected chi connectivity index (χ4v) is 3.06. The molecule has 0 heterocycles. The number of carbonyl (C=O) groups is 2. The lowest BCUT2D eigenvalue weighted by molar-refractivity contribution is -0.139. The molecule has 1 unspecified atom stereocenters. The van der Waals surface area contributed by atoms with Crippen LogP contribution in [0.25, 0.3) is 0 Å². The second-order valence-electron chi connectivity index (χ2n) is 6.14. The zero-order valence-corrected chi connectivity index (χ0v) is 13.8. The molecule has 2 N–H and O–H groups in total. The van der Waals surface area contributed by atoms with Crippen LogP contribution < -0.4 is 5.32 Å². The summed E-state index contributed by atoms with van der Waals surface area (Å²) in [6.07, 6.45) is 1.28. The maximum absolute atomic E-state index is 13.7. The van der Waals surface area contributed by atoms with Crippen molar-refractivity contribution < 1.29 is 23.5 Å². The lowest BCUT2D eigenvalue weighted by Crippen LogP contribution is -2.55. The van der Waals surface area contributed by atoms with E-state index in [1.165, 1.54) is 13.0 Å². The summed E-state index contributed by atoms with van der Waals surface area (Å²) < 4.78 is 27.5. The lowest BCUT2D eigenvalue weighted by Gasteiger charge is -2.42. The molecule has 0 bridgehead atoms. The summed E-state index contributed by atoms with van der Waals surface area (Å²) in [7, 11) is 0. The van der Waals surface area contributed by atoms with E-state index in [0.29, 0.717) is 19.4 Å². The van der Waals surface area contributed by atoms with E-state index in [-0.39, 0.29) is 24.2 Å². The van der Waals surface area contributed by atoms with Crippen molar-refractivity contribution in [3.8, 4) is 0 Å². The van der Waals surface area contributed by atoms with Gasteiger partial charge in [0, 0.05) is 17.6 Å². The maximum atomic E-state index is 13.7. The molecule has 0 radical (unpaired) electrons. The van der Waals surface area contributed by atoms with Gasteiger partial charge in [0.25, 0.3) is 0 Å². The molecule has 7 heteroatoms. The van der Waals surface area contributed by atoms with Crippen molar-refractivity contribution in [3.63, 3.8) is 0 Å². The first-order chi connectivity index (χ1) is 11.3. The van der Waals surface area contributed by atoms with E-state index < -0.39 is 29.4 Å². The van der Waals surface area contributed by atoms with E-state index in [1.54, 1.807) is 0 Å². The minimum atomic E-state index is -0.924. The summed E-state index contributed by atoms with van der Waals surface area (Å²) in [4.78, 5) is 24.9. The molecule has 1 aliphatic carbocycles. The Morgan fingerprint density at radius 1 is 1.33 bits per heavy atom. The summed E-state index contributed by atoms with van der Waals surface area (Å²) in [5.74, 6) is -3.70. The van der Waals surface area contributed by atoms with Crippen LogP contribution >= 0.6 is 0 Å². The number of benzene rings is 1. The first kappa shape index (κ1) is 18.3. The van der Waals surface area contributed by atoms with E-state index in [1.807, 2.05) is 11.8 Å². The molecule has 0 saturated heterocycles. The van der Waals surface area contributed by atoms with Crippen molar-refractivity contribution in [1.82, 2.24) is 10.2 Å². The fourth-order valence-electron chi connectivity index (χ4n) is 3.06. The van der Waals surface area contributed by atoms with Crippen molar-refractivity contribution in [2.45, 2.75) is 44.7 Å². The molecule has 2 rings (SSSR count). The summed E-state index contributed by atoms with van der Waals surface area (Å²) >= 11 is 0.